The van der Waals surface area contributed by atoms with Gasteiger partial charge in [0.15, 0.2) is 5.78 Å². The molecule has 0 unspecified atom stereocenters. The van der Waals surface area contributed by atoms with E-state index in [-0.39, 0.29) is 36.2 Å². The predicted octanol–water partition coefficient (Wildman–Crippen LogP) is 1.35. The smallest absolute Gasteiger partial charge is 0.251 e. The number of carbonyl (C=O) groups is 3. The van der Waals surface area contributed by atoms with Gasteiger partial charge in [0.2, 0.25) is 5.91 Å². The van der Waals surface area contributed by atoms with Gasteiger partial charge in [0.05, 0.1) is 6.10 Å². The highest BCUT2D eigenvalue weighted by Crippen LogP contribution is 2.13. The van der Waals surface area contributed by atoms with Gasteiger partial charge in [-0.1, -0.05) is 13.8 Å². The van der Waals surface area contributed by atoms with E-state index in [9.17, 15) is 14.4 Å². The van der Waals surface area contributed by atoms with Gasteiger partial charge in [-0.25, -0.2) is 0 Å². The second-order valence-electron chi connectivity index (χ2n) is 6.95. The molecule has 0 radical (unpaired) electrons. The fourth-order valence-corrected chi connectivity index (χ4v) is 2.85. The lowest BCUT2D eigenvalue weighted by Crippen LogP contribution is -2.53. The van der Waals surface area contributed by atoms with Gasteiger partial charge in [0, 0.05) is 18.3 Å². The number of ether oxygens (including phenoxy) is 1. The summed E-state index contributed by atoms with van der Waals surface area (Å²) in [5.41, 5.74) is 1.37. The number of rotatable bonds is 7. The maximum atomic E-state index is 12.6. The van der Waals surface area contributed by atoms with E-state index in [1.807, 2.05) is 13.8 Å². The summed E-state index contributed by atoms with van der Waals surface area (Å²) in [6.45, 7) is 5.70. The molecule has 0 spiro atoms. The topological polar surface area (TPSA) is 96.5 Å². The monoisotopic (exact) mass is 361 g/mol. The molecule has 142 valence electrons. The van der Waals surface area contributed by atoms with Gasteiger partial charge in [-0.05, 0) is 43.5 Å². The van der Waals surface area contributed by atoms with Crippen LogP contribution in [0.3, 0.4) is 0 Å². The Morgan fingerprint density at radius 1 is 1.23 bits per heavy atom. The lowest BCUT2D eigenvalue weighted by Gasteiger charge is -2.23. The first-order valence-electron chi connectivity index (χ1n) is 8.85. The predicted molar refractivity (Wildman–Crippen MR) is 99.0 cm³/mol. The highest BCUT2D eigenvalue weighted by molar-refractivity contribution is 5.99. The van der Waals surface area contributed by atoms with Crippen molar-refractivity contribution in [3.63, 3.8) is 0 Å². The summed E-state index contributed by atoms with van der Waals surface area (Å²) in [6, 6.07) is 5.60. The van der Waals surface area contributed by atoms with Crippen molar-refractivity contribution >= 4 is 23.3 Å². The summed E-state index contributed by atoms with van der Waals surface area (Å²) in [5.74, 6) is -0.640. The minimum absolute atomic E-state index is 0.00509. The van der Waals surface area contributed by atoms with Gasteiger partial charge in [0.1, 0.15) is 18.7 Å². The van der Waals surface area contributed by atoms with E-state index in [0.29, 0.717) is 12.0 Å². The molecular formula is C19H27N3O4. The molecular weight excluding hydrogens is 334 g/mol. The third-order valence-corrected chi connectivity index (χ3v) is 4.37. The molecule has 0 aliphatic carbocycles. The number of hydrogen-bond donors (Lipinski definition) is 3. The normalized spacial score (nSPS) is 20.7. The first kappa shape index (κ1) is 19.9. The van der Waals surface area contributed by atoms with E-state index in [1.54, 1.807) is 38.2 Å². The molecule has 3 atom stereocenters. The fraction of sp³-hybridized carbons (Fsp3) is 0.526. The second-order valence-corrected chi connectivity index (χ2v) is 6.95. The molecule has 1 aliphatic heterocycles. The standard InChI is InChI=1S/C19H27N3O4/c1-11(2)9-15(19(25)22-17-12(3)26-10-16(17)23)21-18(24)13-5-7-14(20-4)8-6-13/h5-8,11-12,15,17,20H,9-10H2,1-4H3,(H,21,24)(H,22,25)/t12-,15+,17+/m1/s1. The summed E-state index contributed by atoms with van der Waals surface area (Å²) >= 11 is 0. The average Bonchev–Trinajstić information content (AvgIpc) is 2.92. The zero-order valence-corrected chi connectivity index (χ0v) is 15.7. The summed E-state index contributed by atoms with van der Waals surface area (Å²) in [7, 11) is 1.80. The Balaban J connectivity index is 2.06. The van der Waals surface area contributed by atoms with E-state index in [4.69, 9.17) is 4.74 Å². The lowest BCUT2D eigenvalue weighted by molar-refractivity contribution is -0.127. The quantitative estimate of drug-likeness (QED) is 0.681. The zero-order valence-electron chi connectivity index (χ0n) is 15.7. The fourth-order valence-electron chi connectivity index (χ4n) is 2.85. The minimum atomic E-state index is -0.716. The van der Waals surface area contributed by atoms with E-state index in [0.717, 1.165) is 5.69 Å². The van der Waals surface area contributed by atoms with Crippen LogP contribution < -0.4 is 16.0 Å². The van der Waals surface area contributed by atoms with Crippen molar-refractivity contribution in [1.29, 1.82) is 0 Å². The minimum Gasteiger partial charge on any atom is -0.388 e. The number of amides is 2. The molecule has 1 fully saturated rings. The van der Waals surface area contributed by atoms with Gasteiger partial charge < -0.3 is 20.7 Å². The molecule has 7 heteroatoms. The zero-order chi connectivity index (χ0) is 19.3. The van der Waals surface area contributed by atoms with Crippen molar-refractivity contribution in [2.24, 2.45) is 5.92 Å². The van der Waals surface area contributed by atoms with Crippen LogP contribution >= 0.6 is 0 Å². The number of nitrogens with one attached hydrogen (secondary N) is 3. The number of Topliss-reactive ketones (excluding diaryl/α,β-unsaturated/α-hetero) is 1. The molecule has 0 aromatic heterocycles. The van der Waals surface area contributed by atoms with Crippen molar-refractivity contribution in [3.05, 3.63) is 29.8 Å². The first-order chi connectivity index (χ1) is 12.3. The SMILES string of the molecule is CNc1ccc(C(=O)N[C@@H](CC(C)C)C(=O)N[C@@H]2C(=O)CO[C@@H]2C)cc1. The van der Waals surface area contributed by atoms with Gasteiger partial charge >= 0.3 is 0 Å². The first-order valence-corrected chi connectivity index (χ1v) is 8.85. The molecule has 1 saturated heterocycles. The third kappa shape index (κ3) is 5.05. The molecule has 7 nitrogen and oxygen atoms in total. The highest BCUT2D eigenvalue weighted by Gasteiger charge is 2.35. The molecule has 26 heavy (non-hydrogen) atoms. The Bertz CT molecular complexity index is 657. The number of anilines is 1. The molecule has 3 N–H and O–H groups in total. The van der Waals surface area contributed by atoms with E-state index < -0.39 is 12.1 Å². The third-order valence-electron chi connectivity index (χ3n) is 4.37. The largest absolute Gasteiger partial charge is 0.388 e. The maximum Gasteiger partial charge on any atom is 0.251 e. The number of hydrogen-bond acceptors (Lipinski definition) is 5. The van der Waals surface area contributed by atoms with Crippen molar-refractivity contribution in [2.45, 2.75) is 45.4 Å². The van der Waals surface area contributed by atoms with Crippen LogP contribution in [0.2, 0.25) is 0 Å². The van der Waals surface area contributed by atoms with Crippen molar-refractivity contribution in [2.75, 3.05) is 19.0 Å². The van der Waals surface area contributed by atoms with Crippen LogP contribution in [-0.2, 0) is 14.3 Å². The highest BCUT2D eigenvalue weighted by atomic mass is 16.5. The van der Waals surface area contributed by atoms with Crippen molar-refractivity contribution < 1.29 is 19.1 Å². The summed E-state index contributed by atoms with van der Waals surface area (Å²) in [5, 5.41) is 8.49. The van der Waals surface area contributed by atoms with Gasteiger partial charge in [-0.2, -0.15) is 0 Å². The molecule has 0 bridgehead atoms. The molecule has 1 aromatic carbocycles. The van der Waals surface area contributed by atoms with Crippen LogP contribution in [0.15, 0.2) is 24.3 Å². The molecule has 2 rings (SSSR count). The van der Waals surface area contributed by atoms with E-state index >= 15 is 0 Å². The Kier molecular flexibility index (Phi) is 6.74. The number of carbonyl (C=O) groups excluding carboxylic acids is 3. The molecule has 1 heterocycles. The van der Waals surface area contributed by atoms with Crippen LogP contribution in [0.25, 0.3) is 0 Å². The van der Waals surface area contributed by atoms with Crippen LogP contribution in [-0.4, -0.2) is 49.4 Å². The summed E-state index contributed by atoms with van der Waals surface area (Å²) in [4.78, 5) is 37.0. The van der Waals surface area contributed by atoms with E-state index in [2.05, 4.69) is 16.0 Å². The Labute approximate surface area is 153 Å². The molecule has 2 amide bonds. The Hall–Kier alpha value is -2.41. The average molecular weight is 361 g/mol. The van der Waals surface area contributed by atoms with Crippen molar-refractivity contribution in [3.8, 4) is 0 Å². The summed E-state index contributed by atoms with van der Waals surface area (Å²) in [6.07, 6.45) is 0.110. The van der Waals surface area contributed by atoms with E-state index in [1.165, 1.54) is 0 Å². The van der Waals surface area contributed by atoms with Crippen LogP contribution in [0.5, 0.6) is 0 Å². The van der Waals surface area contributed by atoms with Gasteiger partial charge in [-0.15, -0.1) is 0 Å². The Morgan fingerprint density at radius 3 is 2.38 bits per heavy atom. The second kappa shape index (κ2) is 8.80. The van der Waals surface area contributed by atoms with Gasteiger partial charge in [0.25, 0.3) is 5.91 Å². The number of benzene rings is 1. The van der Waals surface area contributed by atoms with Crippen LogP contribution in [0, 0.1) is 5.92 Å². The number of ketones is 1. The summed E-state index contributed by atoms with van der Waals surface area (Å²) < 4.78 is 5.25. The molecule has 1 aliphatic rings. The van der Waals surface area contributed by atoms with Gasteiger partial charge in [-0.3, -0.25) is 14.4 Å². The lowest BCUT2D eigenvalue weighted by atomic mass is 10.0. The van der Waals surface area contributed by atoms with Crippen LogP contribution in [0.4, 0.5) is 5.69 Å². The Morgan fingerprint density at radius 2 is 1.88 bits per heavy atom. The van der Waals surface area contributed by atoms with Crippen molar-refractivity contribution in [1.82, 2.24) is 10.6 Å². The maximum absolute atomic E-state index is 12.6. The van der Waals surface area contributed by atoms with Crippen LogP contribution in [0.1, 0.15) is 37.6 Å². The molecule has 1 aromatic rings. The molecule has 0 saturated carbocycles.